The van der Waals surface area contributed by atoms with Crippen molar-refractivity contribution in [3.8, 4) is 6.07 Å². The number of methoxy groups -OCH3 is 1. The molecule has 2 aromatic rings. The Hall–Kier alpha value is -3.24. The molecule has 0 saturated heterocycles. The molecule has 2 amide bonds. The zero-order valence-corrected chi connectivity index (χ0v) is 13.8. The summed E-state index contributed by atoms with van der Waals surface area (Å²) in [4.78, 5) is 28.3. The number of amides is 2. The number of benzene rings is 1. The van der Waals surface area contributed by atoms with Crippen molar-refractivity contribution in [2.45, 2.75) is 6.42 Å². The van der Waals surface area contributed by atoms with E-state index in [4.69, 9.17) is 10.00 Å². The molecule has 1 aromatic carbocycles. The molecule has 0 bridgehead atoms. The zero-order valence-electron chi connectivity index (χ0n) is 13.8. The normalized spacial score (nSPS) is 9.92. The molecule has 0 aliphatic heterocycles. The highest BCUT2D eigenvalue weighted by Crippen LogP contribution is 2.12. The van der Waals surface area contributed by atoms with Crippen molar-refractivity contribution in [3.05, 3.63) is 59.4 Å². The third-order valence-corrected chi connectivity index (χ3v) is 3.32. The van der Waals surface area contributed by atoms with Crippen molar-refractivity contribution < 1.29 is 14.3 Å². The van der Waals surface area contributed by atoms with Crippen molar-refractivity contribution in [1.29, 1.82) is 5.26 Å². The molecule has 0 aliphatic carbocycles. The van der Waals surface area contributed by atoms with Crippen molar-refractivity contribution in [2.75, 3.05) is 25.6 Å². The summed E-state index contributed by atoms with van der Waals surface area (Å²) < 4.78 is 4.91. The van der Waals surface area contributed by atoms with E-state index in [-0.39, 0.29) is 17.5 Å². The SMILES string of the molecule is COCCCNC(=O)c1cc(C(=O)Nc2cccc(C#N)c2)ccn1. The van der Waals surface area contributed by atoms with Gasteiger partial charge in [0.1, 0.15) is 5.69 Å². The van der Waals surface area contributed by atoms with Gasteiger partial charge >= 0.3 is 0 Å². The van der Waals surface area contributed by atoms with Crippen LogP contribution in [0.5, 0.6) is 0 Å². The number of nitriles is 1. The first-order valence-electron chi connectivity index (χ1n) is 7.68. The molecule has 2 N–H and O–H groups in total. The predicted octanol–water partition coefficient (Wildman–Crippen LogP) is 1.97. The molecular weight excluding hydrogens is 320 g/mol. The Morgan fingerprint density at radius 3 is 2.84 bits per heavy atom. The van der Waals surface area contributed by atoms with Crippen LogP contribution in [-0.2, 0) is 4.74 Å². The summed E-state index contributed by atoms with van der Waals surface area (Å²) in [6.07, 6.45) is 2.10. The fourth-order valence-corrected chi connectivity index (χ4v) is 2.07. The van der Waals surface area contributed by atoms with Gasteiger partial charge in [0.15, 0.2) is 0 Å². The molecule has 0 spiro atoms. The van der Waals surface area contributed by atoms with E-state index in [1.165, 1.54) is 18.3 Å². The van der Waals surface area contributed by atoms with E-state index in [9.17, 15) is 9.59 Å². The van der Waals surface area contributed by atoms with Crippen molar-refractivity contribution in [3.63, 3.8) is 0 Å². The minimum absolute atomic E-state index is 0.163. The first-order valence-corrected chi connectivity index (χ1v) is 7.68. The third-order valence-electron chi connectivity index (χ3n) is 3.32. The number of hydrogen-bond acceptors (Lipinski definition) is 5. The summed E-state index contributed by atoms with van der Waals surface area (Å²) in [7, 11) is 1.60. The van der Waals surface area contributed by atoms with Crippen LogP contribution in [0.3, 0.4) is 0 Å². The Morgan fingerprint density at radius 2 is 2.08 bits per heavy atom. The summed E-state index contributed by atoms with van der Waals surface area (Å²) in [5, 5.41) is 14.3. The van der Waals surface area contributed by atoms with Crippen LogP contribution in [-0.4, -0.2) is 37.1 Å². The summed E-state index contributed by atoms with van der Waals surface area (Å²) in [5.74, 6) is -0.733. The average Bonchev–Trinajstić information content (AvgIpc) is 2.65. The van der Waals surface area contributed by atoms with Crippen molar-refractivity contribution in [1.82, 2.24) is 10.3 Å². The monoisotopic (exact) mass is 338 g/mol. The number of hydrogen-bond donors (Lipinski definition) is 2. The number of pyridine rings is 1. The Kier molecular flexibility index (Phi) is 6.63. The highest BCUT2D eigenvalue weighted by atomic mass is 16.5. The standard InChI is InChI=1S/C18H18N4O3/c1-25-9-3-7-21-18(24)16-11-14(6-8-20-16)17(23)22-15-5-2-4-13(10-15)12-19/h2,4-6,8,10-11H,3,7,9H2,1H3,(H,21,24)(H,22,23). The van der Waals surface area contributed by atoms with Crippen LogP contribution < -0.4 is 10.6 Å². The molecule has 0 unspecified atom stereocenters. The average molecular weight is 338 g/mol. The Balaban J connectivity index is 2.03. The molecule has 0 saturated carbocycles. The van der Waals surface area contributed by atoms with E-state index in [1.54, 1.807) is 31.4 Å². The lowest BCUT2D eigenvalue weighted by Crippen LogP contribution is -2.26. The van der Waals surface area contributed by atoms with Crippen LogP contribution in [0.1, 0.15) is 32.8 Å². The smallest absolute Gasteiger partial charge is 0.269 e. The highest BCUT2D eigenvalue weighted by molar-refractivity contribution is 6.05. The number of aromatic nitrogens is 1. The molecule has 7 nitrogen and oxygen atoms in total. The lowest BCUT2D eigenvalue weighted by molar-refractivity contribution is 0.0943. The number of rotatable bonds is 7. The number of ether oxygens (including phenoxy) is 1. The highest BCUT2D eigenvalue weighted by Gasteiger charge is 2.12. The molecular formula is C18H18N4O3. The maximum Gasteiger partial charge on any atom is 0.269 e. The van der Waals surface area contributed by atoms with Gasteiger partial charge in [-0.1, -0.05) is 6.07 Å². The van der Waals surface area contributed by atoms with Crippen molar-refractivity contribution in [2.24, 2.45) is 0 Å². The summed E-state index contributed by atoms with van der Waals surface area (Å²) in [6.45, 7) is 1.02. The number of carbonyl (C=O) groups is 2. The zero-order chi connectivity index (χ0) is 18.1. The lowest BCUT2D eigenvalue weighted by atomic mass is 10.2. The molecule has 0 radical (unpaired) electrons. The number of anilines is 1. The minimum Gasteiger partial charge on any atom is -0.385 e. The molecule has 0 fully saturated rings. The molecule has 7 heteroatoms. The van der Waals surface area contributed by atoms with Crippen LogP contribution in [0, 0.1) is 11.3 Å². The molecule has 1 aromatic heterocycles. The number of nitrogens with one attached hydrogen (secondary N) is 2. The van der Waals surface area contributed by atoms with Gasteiger partial charge in [0.05, 0.1) is 11.6 Å². The van der Waals surface area contributed by atoms with Crippen LogP contribution in [0.2, 0.25) is 0 Å². The molecule has 0 atom stereocenters. The maximum absolute atomic E-state index is 12.3. The summed E-state index contributed by atoms with van der Waals surface area (Å²) in [5.41, 5.74) is 1.42. The van der Waals surface area contributed by atoms with E-state index in [2.05, 4.69) is 15.6 Å². The molecule has 25 heavy (non-hydrogen) atoms. The summed E-state index contributed by atoms with van der Waals surface area (Å²) in [6, 6.07) is 11.5. The number of carbonyl (C=O) groups excluding carboxylic acids is 2. The molecule has 2 rings (SSSR count). The second-order valence-corrected chi connectivity index (χ2v) is 5.18. The molecule has 128 valence electrons. The Morgan fingerprint density at radius 1 is 1.24 bits per heavy atom. The van der Waals surface area contributed by atoms with Crippen LogP contribution in [0.15, 0.2) is 42.6 Å². The van der Waals surface area contributed by atoms with E-state index in [1.807, 2.05) is 6.07 Å². The fourth-order valence-electron chi connectivity index (χ4n) is 2.07. The largest absolute Gasteiger partial charge is 0.385 e. The van der Waals surface area contributed by atoms with E-state index in [0.717, 1.165) is 0 Å². The van der Waals surface area contributed by atoms with E-state index < -0.39 is 0 Å². The number of nitrogens with zero attached hydrogens (tertiary/aromatic N) is 2. The first kappa shape index (κ1) is 18.1. The Bertz CT molecular complexity index is 799. The van der Waals surface area contributed by atoms with Gasteiger partial charge in [0, 0.05) is 37.7 Å². The third kappa shape index (κ3) is 5.41. The van der Waals surface area contributed by atoms with Gasteiger partial charge in [0.25, 0.3) is 11.8 Å². The van der Waals surface area contributed by atoms with Crippen LogP contribution >= 0.6 is 0 Å². The van der Waals surface area contributed by atoms with Gasteiger partial charge in [0.2, 0.25) is 0 Å². The van der Waals surface area contributed by atoms with Gasteiger partial charge in [-0.2, -0.15) is 5.26 Å². The van der Waals surface area contributed by atoms with Crippen LogP contribution in [0.4, 0.5) is 5.69 Å². The second kappa shape index (κ2) is 9.15. The van der Waals surface area contributed by atoms with Gasteiger partial charge in [-0.25, -0.2) is 0 Å². The van der Waals surface area contributed by atoms with Gasteiger partial charge in [-0.05, 0) is 36.8 Å². The van der Waals surface area contributed by atoms with E-state index in [0.29, 0.717) is 36.4 Å². The second-order valence-electron chi connectivity index (χ2n) is 5.18. The van der Waals surface area contributed by atoms with Gasteiger partial charge in [-0.15, -0.1) is 0 Å². The minimum atomic E-state index is -0.383. The van der Waals surface area contributed by atoms with Gasteiger partial charge < -0.3 is 15.4 Å². The van der Waals surface area contributed by atoms with Gasteiger partial charge in [-0.3, -0.25) is 14.6 Å². The van der Waals surface area contributed by atoms with E-state index >= 15 is 0 Å². The topological polar surface area (TPSA) is 104 Å². The maximum atomic E-state index is 12.3. The fraction of sp³-hybridized carbons (Fsp3) is 0.222. The van der Waals surface area contributed by atoms with Crippen LogP contribution in [0.25, 0.3) is 0 Å². The predicted molar refractivity (Wildman–Crippen MR) is 92.2 cm³/mol. The van der Waals surface area contributed by atoms with Crippen molar-refractivity contribution >= 4 is 17.5 Å². The molecule has 0 aliphatic rings. The summed E-state index contributed by atoms with van der Waals surface area (Å²) >= 11 is 0. The quantitative estimate of drug-likeness (QED) is 0.751. The Labute approximate surface area is 145 Å². The first-order chi connectivity index (χ1) is 12.1. The molecule has 1 heterocycles. The lowest BCUT2D eigenvalue weighted by Gasteiger charge is -2.07.